The van der Waals surface area contributed by atoms with Crippen LogP contribution in [0.4, 0.5) is 5.69 Å². The third kappa shape index (κ3) is 3.96. The Bertz CT molecular complexity index is 795. The highest BCUT2D eigenvalue weighted by Crippen LogP contribution is 2.29. The van der Waals surface area contributed by atoms with Crippen LogP contribution < -0.4 is 9.62 Å². The Balaban J connectivity index is 2.27. The van der Waals surface area contributed by atoms with Gasteiger partial charge in [-0.1, -0.05) is 31.0 Å². The van der Waals surface area contributed by atoms with Crippen LogP contribution in [0.5, 0.6) is 0 Å². The average Bonchev–Trinajstić information content (AvgIpc) is 3.04. The molecule has 5 nitrogen and oxygen atoms in total. The number of nitrogens with one attached hydrogen (secondary N) is 1. The van der Waals surface area contributed by atoms with Gasteiger partial charge in [-0.15, -0.1) is 11.3 Å². The molecule has 0 spiro atoms. The minimum absolute atomic E-state index is 0.208. The number of benzene rings is 1. The molecule has 1 amide bonds. The molecule has 1 aromatic heterocycles. The third-order valence-electron chi connectivity index (χ3n) is 3.69. The predicted molar refractivity (Wildman–Crippen MR) is 98.3 cm³/mol. The number of unbranched alkanes of at least 4 members (excludes halogenated alkanes) is 1. The molecule has 24 heavy (non-hydrogen) atoms. The fourth-order valence-electron chi connectivity index (χ4n) is 2.18. The lowest BCUT2D eigenvalue weighted by Crippen LogP contribution is -2.30. The van der Waals surface area contributed by atoms with Crippen LogP contribution >= 0.6 is 11.3 Å². The molecule has 0 fully saturated rings. The molecule has 0 unspecified atom stereocenters. The molecule has 1 aromatic carbocycles. The van der Waals surface area contributed by atoms with Gasteiger partial charge in [-0.3, -0.25) is 9.10 Å². The van der Waals surface area contributed by atoms with E-state index in [0.717, 1.165) is 18.4 Å². The van der Waals surface area contributed by atoms with Gasteiger partial charge in [0.05, 0.1) is 10.6 Å². The van der Waals surface area contributed by atoms with Gasteiger partial charge >= 0.3 is 0 Å². The number of hydrogen-bond donors (Lipinski definition) is 1. The van der Waals surface area contributed by atoms with Crippen molar-refractivity contribution in [1.82, 2.24) is 5.32 Å². The second-order valence-corrected chi connectivity index (χ2v) is 8.42. The summed E-state index contributed by atoms with van der Waals surface area (Å²) in [5.74, 6) is -0.237. The number of anilines is 1. The number of amides is 1. The Labute approximate surface area is 147 Å². The summed E-state index contributed by atoms with van der Waals surface area (Å²) in [6.45, 7) is 4.53. The van der Waals surface area contributed by atoms with E-state index in [9.17, 15) is 13.2 Å². The molecule has 2 rings (SSSR count). The Morgan fingerprint density at radius 2 is 1.88 bits per heavy atom. The molecule has 2 aromatic rings. The quantitative estimate of drug-likeness (QED) is 0.764. The van der Waals surface area contributed by atoms with E-state index in [0.29, 0.717) is 17.1 Å². The zero-order valence-corrected chi connectivity index (χ0v) is 15.7. The molecular weight excluding hydrogens is 344 g/mol. The van der Waals surface area contributed by atoms with Gasteiger partial charge in [-0.2, -0.15) is 0 Å². The Hall–Kier alpha value is -1.86. The van der Waals surface area contributed by atoms with E-state index in [1.807, 2.05) is 13.8 Å². The maximum Gasteiger partial charge on any atom is 0.264 e. The van der Waals surface area contributed by atoms with E-state index in [1.54, 1.807) is 35.7 Å². The number of aryl methyl sites for hydroxylation is 1. The number of hydrogen-bond acceptors (Lipinski definition) is 4. The highest BCUT2D eigenvalue weighted by atomic mass is 32.2. The van der Waals surface area contributed by atoms with Crippen LogP contribution in [0.1, 0.15) is 35.0 Å². The first-order valence-corrected chi connectivity index (χ1v) is 10.1. The van der Waals surface area contributed by atoms with Gasteiger partial charge < -0.3 is 5.32 Å². The summed E-state index contributed by atoms with van der Waals surface area (Å²) in [5, 5.41) is 4.56. The summed E-state index contributed by atoms with van der Waals surface area (Å²) in [5.41, 5.74) is 1.39. The molecule has 0 aliphatic heterocycles. The number of nitrogens with zero attached hydrogens (tertiary/aromatic N) is 1. The van der Waals surface area contributed by atoms with Crippen LogP contribution in [-0.4, -0.2) is 27.9 Å². The van der Waals surface area contributed by atoms with Crippen LogP contribution in [0.3, 0.4) is 0 Å². The van der Waals surface area contributed by atoms with Crippen LogP contribution in [-0.2, 0) is 10.0 Å². The van der Waals surface area contributed by atoms with Crippen molar-refractivity contribution in [2.45, 2.75) is 31.6 Å². The summed E-state index contributed by atoms with van der Waals surface area (Å²) < 4.78 is 26.7. The Morgan fingerprint density at radius 3 is 2.50 bits per heavy atom. The van der Waals surface area contributed by atoms with Crippen LogP contribution in [0, 0.1) is 6.92 Å². The second kappa shape index (κ2) is 7.81. The van der Waals surface area contributed by atoms with Gasteiger partial charge in [0.2, 0.25) is 0 Å². The van der Waals surface area contributed by atoms with Crippen LogP contribution in [0.15, 0.2) is 40.6 Å². The molecule has 7 heteroatoms. The SMILES string of the molecule is CCCCNC(=O)c1sccc1N(C)S(=O)(=O)c1ccc(C)cc1. The number of sulfonamides is 1. The maximum atomic E-state index is 12.8. The zero-order valence-electron chi connectivity index (χ0n) is 14.1. The van der Waals surface area contributed by atoms with Crippen molar-refractivity contribution in [1.29, 1.82) is 0 Å². The van der Waals surface area contributed by atoms with Gasteiger partial charge in [0.25, 0.3) is 15.9 Å². The lowest BCUT2D eigenvalue weighted by Gasteiger charge is -2.20. The molecular formula is C17H22N2O3S2. The predicted octanol–water partition coefficient (Wildman–Crippen LogP) is 3.41. The first-order valence-electron chi connectivity index (χ1n) is 7.79. The largest absolute Gasteiger partial charge is 0.351 e. The summed E-state index contributed by atoms with van der Waals surface area (Å²) in [6, 6.07) is 8.33. The maximum absolute atomic E-state index is 12.8. The van der Waals surface area contributed by atoms with Gasteiger partial charge in [-0.05, 0) is 36.9 Å². The second-order valence-electron chi connectivity index (χ2n) is 5.53. The van der Waals surface area contributed by atoms with E-state index in [-0.39, 0.29) is 10.8 Å². The van der Waals surface area contributed by atoms with Crippen molar-refractivity contribution in [3.8, 4) is 0 Å². The summed E-state index contributed by atoms with van der Waals surface area (Å²) in [7, 11) is -2.23. The number of rotatable bonds is 7. The first-order chi connectivity index (χ1) is 11.4. The lowest BCUT2D eigenvalue weighted by atomic mass is 10.2. The van der Waals surface area contributed by atoms with Gasteiger partial charge in [0.15, 0.2) is 0 Å². The van der Waals surface area contributed by atoms with Gasteiger partial charge in [0.1, 0.15) is 4.88 Å². The fraction of sp³-hybridized carbons (Fsp3) is 0.353. The zero-order chi connectivity index (χ0) is 17.7. The number of carbonyl (C=O) groups is 1. The monoisotopic (exact) mass is 366 g/mol. The summed E-state index contributed by atoms with van der Waals surface area (Å²) in [4.78, 5) is 12.9. The Morgan fingerprint density at radius 1 is 1.21 bits per heavy atom. The van der Waals surface area contributed by atoms with Crippen molar-refractivity contribution in [3.05, 3.63) is 46.2 Å². The molecule has 0 bridgehead atoms. The van der Waals surface area contributed by atoms with Crippen molar-refractivity contribution in [3.63, 3.8) is 0 Å². The van der Waals surface area contributed by atoms with Gasteiger partial charge in [-0.25, -0.2) is 8.42 Å². The van der Waals surface area contributed by atoms with Crippen molar-refractivity contribution in [2.24, 2.45) is 0 Å². The molecule has 0 saturated carbocycles. The van der Waals surface area contributed by atoms with E-state index in [4.69, 9.17) is 0 Å². The van der Waals surface area contributed by atoms with Crippen molar-refractivity contribution in [2.75, 3.05) is 17.9 Å². The van der Waals surface area contributed by atoms with Crippen molar-refractivity contribution >= 4 is 33.0 Å². The van der Waals surface area contributed by atoms with Crippen LogP contribution in [0.2, 0.25) is 0 Å². The minimum atomic E-state index is -3.70. The number of thiophene rings is 1. The van der Waals surface area contributed by atoms with Crippen molar-refractivity contribution < 1.29 is 13.2 Å². The van der Waals surface area contributed by atoms with Crippen LogP contribution in [0.25, 0.3) is 0 Å². The van der Waals surface area contributed by atoms with E-state index < -0.39 is 10.0 Å². The molecule has 0 atom stereocenters. The lowest BCUT2D eigenvalue weighted by molar-refractivity contribution is 0.0958. The number of carbonyl (C=O) groups excluding carboxylic acids is 1. The summed E-state index contributed by atoms with van der Waals surface area (Å²) in [6.07, 6.45) is 1.88. The molecule has 130 valence electrons. The molecule has 1 N–H and O–H groups in total. The molecule has 1 heterocycles. The molecule has 0 radical (unpaired) electrons. The van der Waals surface area contributed by atoms with Gasteiger partial charge in [0, 0.05) is 13.6 Å². The topological polar surface area (TPSA) is 66.5 Å². The molecule has 0 saturated heterocycles. The highest BCUT2D eigenvalue weighted by Gasteiger charge is 2.26. The fourth-order valence-corrected chi connectivity index (χ4v) is 4.28. The standard InChI is InChI=1S/C17H22N2O3S2/c1-4-5-11-18-17(20)16-15(10-12-23-16)19(3)24(21,22)14-8-6-13(2)7-9-14/h6-10,12H,4-5,11H2,1-3H3,(H,18,20). The third-order valence-corrected chi connectivity index (χ3v) is 6.37. The molecule has 0 aliphatic carbocycles. The Kier molecular flexibility index (Phi) is 6.01. The average molecular weight is 367 g/mol. The summed E-state index contributed by atoms with van der Waals surface area (Å²) >= 11 is 1.24. The first kappa shape index (κ1) is 18.5. The smallest absolute Gasteiger partial charge is 0.264 e. The highest BCUT2D eigenvalue weighted by molar-refractivity contribution is 7.92. The normalized spacial score (nSPS) is 11.3. The molecule has 0 aliphatic rings. The van der Waals surface area contributed by atoms with E-state index >= 15 is 0 Å². The van der Waals surface area contributed by atoms with E-state index in [1.165, 1.54) is 22.7 Å². The minimum Gasteiger partial charge on any atom is -0.351 e. The van der Waals surface area contributed by atoms with E-state index in [2.05, 4.69) is 5.32 Å².